The summed E-state index contributed by atoms with van der Waals surface area (Å²) in [5.74, 6) is 0. The quantitative estimate of drug-likeness (QED) is 0.634. The van der Waals surface area contributed by atoms with Crippen LogP contribution in [0.3, 0.4) is 0 Å². The molecule has 0 amide bonds. The molecule has 1 atom stereocenters. The lowest BCUT2D eigenvalue weighted by Crippen LogP contribution is -2.48. The van der Waals surface area contributed by atoms with Crippen molar-refractivity contribution in [3.63, 3.8) is 0 Å². The molecule has 0 aromatic carbocycles. The van der Waals surface area contributed by atoms with Crippen molar-refractivity contribution in [2.24, 2.45) is 0 Å². The fourth-order valence-corrected chi connectivity index (χ4v) is 1.94. The fraction of sp³-hybridized carbons (Fsp3) is 1.00. The molecule has 3 heteroatoms. The van der Waals surface area contributed by atoms with Crippen molar-refractivity contribution in [3.8, 4) is 0 Å². The summed E-state index contributed by atoms with van der Waals surface area (Å²) in [6, 6.07) is 0.601. The molecule has 0 heterocycles. The minimum atomic E-state index is -0.0629. The van der Waals surface area contributed by atoms with E-state index in [2.05, 4.69) is 45.0 Å². The van der Waals surface area contributed by atoms with Crippen LogP contribution in [0, 0.1) is 0 Å². The van der Waals surface area contributed by atoms with Crippen LogP contribution >= 0.6 is 0 Å². The largest absolute Gasteiger partial charge is 0.394 e. The highest BCUT2D eigenvalue weighted by Crippen LogP contribution is 2.17. The van der Waals surface area contributed by atoms with Gasteiger partial charge in [0.25, 0.3) is 0 Å². The van der Waals surface area contributed by atoms with Crippen LogP contribution < -0.4 is 5.32 Å². The van der Waals surface area contributed by atoms with Gasteiger partial charge in [-0.1, -0.05) is 13.8 Å². The average Bonchev–Trinajstić information content (AvgIpc) is 2.27. The topological polar surface area (TPSA) is 35.5 Å². The summed E-state index contributed by atoms with van der Waals surface area (Å²) in [4.78, 5) is 2.35. The zero-order chi connectivity index (χ0) is 12.6. The van der Waals surface area contributed by atoms with Crippen LogP contribution in [0.15, 0.2) is 0 Å². The molecule has 2 N–H and O–H groups in total. The Labute approximate surface area is 101 Å². The normalized spacial score (nSPS) is 15.8. The van der Waals surface area contributed by atoms with Crippen LogP contribution in [0.25, 0.3) is 0 Å². The first kappa shape index (κ1) is 15.9. The predicted octanol–water partition coefficient (Wildman–Crippen LogP) is 1.86. The fourth-order valence-electron chi connectivity index (χ4n) is 1.94. The molecule has 0 aliphatic carbocycles. The highest BCUT2D eigenvalue weighted by molar-refractivity contribution is 4.85. The second kappa shape index (κ2) is 8.04. The number of hydrogen-bond donors (Lipinski definition) is 2. The van der Waals surface area contributed by atoms with Gasteiger partial charge in [0.05, 0.1) is 6.61 Å². The summed E-state index contributed by atoms with van der Waals surface area (Å²) in [5.41, 5.74) is -0.0629. The average molecular weight is 230 g/mol. The van der Waals surface area contributed by atoms with E-state index in [0.29, 0.717) is 6.04 Å². The van der Waals surface area contributed by atoms with Crippen molar-refractivity contribution in [3.05, 3.63) is 0 Å². The number of aliphatic hydroxyl groups is 1. The number of hydrogen-bond acceptors (Lipinski definition) is 3. The lowest BCUT2D eigenvalue weighted by molar-refractivity contribution is 0.140. The van der Waals surface area contributed by atoms with Crippen molar-refractivity contribution in [2.75, 3.05) is 26.7 Å². The van der Waals surface area contributed by atoms with Crippen molar-refractivity contribution in [2.45, 2.75) is 58.5 Å². The first-order valence-corrected chi connectivity index (χ1v) is 6.57. The SMILES string of the molecule is CCNC(CC)(CO)CCCN(C)C(C)C. The third-order valence-corrected chi connectivity index (χ3v) is 3.58. The molecule has 3 nitrogen and oxygen atoms in total. The van der Waals surface area contributed by atoms with Crippen LogP contribution in [-0.4, -0.2) is 48.3 Å². The third-order valence-electron chi connectivity index (χ3n) is 3.58. The minimum Gasteiger partial charge on any atom is -0.394 e. The molecule has 0 radical (unpaired) electrons. The Bertz CT molecular complexity index is 167. The molecular weight excluding hydrogens is 200 g/mol. The molecule has 0 spiro atoms. The molecule has 0 fully saturated rings. The van der Waals surface area contributed by atoms with E-state index in [9.17, 15) is 5.11 Å². The zero-order valence-electron chi connectivity index (χ0n) is 11.7. The Kier molecular flexibility index (Phi) is 7.98. The van der Waals surface area contributed by atoms with E-state index in [1.54, 1.807) is 0 Å². The third kappa shape index (κ3) is 5.28. The van der Waals surface area contributed by atoms with Gasteiger partial charge in [0.15, 0.2) is 0 Å². The van der Waals surface area contributed by atoms with E-state index in [4.69, 9.17) is 0 Å². The summed E-state index contributed by atoms with van der Waals surface area (Å²) in [6.45, 7) is 10.9. The van der Waals surface area contributed by atoms with Gasteiger partial charge in [-0.05, 0) is 53.2 Å². The van der Waals surface area contributed by atoms with Gasteiger partial charge in [0.1, 0.15) is 0 Å². The van der Waals surface area contributed by atoms with Gasteiger partial charge < -0.3 is 15.3 Å². The van der Waals surface area contributed by atoms with Gasteiger partial charge in [-0.15, -0.1) is 0 Å². The van der Waals surface area contributed by atoms with Gasteiger partial charge in [-0.2, -0.15) is 0 Å². The van der Waals surface area contributed by atoms with E-state index in [-0.39, 0.29) is 12.1 Å². The summed E-state index contributed by atoms with van der Waals surface area (Å²) in [6.07, 6.45) is 3.17. The van der Waals surface area contributed by atoms with Crippen molar-refractivity contribution in [1.29, 1.82) is 0 Å². The molecule has 0 bridgehead atoms. The lowest BCUT2D eigenvalue weighted by Gasteiger charge is -2.33. The monoisotopic (exact) mass is 230 g/mol. The first-order chi connectivity index (χ1) is 7.51. The molecule has 1 unspecified atom stereocenters. The van der Waals surface area contributed by atoms with E-state index in [0.717, 1.165) is 32.4 Å². The summed E-state index contributed by atoms with van der Waals surface area (Å²) in [5, 5.41) is 12.9. The molecule has 0 aromatic heterocycles. The number of aliphatic hydroxyl groups excluding tert-OH is 1. The van der Waals surface area contributed by atoms with Crippen molar-refractivity contribution >= 4 is 0 Å². The van der Waals surface area contributed by atoms with E-state index in [1.165, 1.54) is 0 Å². The predicted molar refractivity (Wildman–Crippen MR) is 70.8 cm³/mol. The van der Waals surface area contributed by atoms with Gasteiger partial charge in [0.2, 0.25) is 0 Å². The Morgan fingerprint density at radius 3 is 2.31 bits per heavy atom. The minimum absolute atomic E-state index is 0.0629. The molecular formula is C13H30N2O. The lowest BCUT2D eigenvalue weighted by atomic mass is 9.91. The standard InChI is InChI=1S/C13H30N2O/c1-6-13(11-16,14-7-2)9-8-10-15(5)12(3)4/h12,14,16H,6-11H2,1-5H3. The van der Waals surface area contributed by atoms with Gasteiger partial charge in [-0.3, -0.25) is 0 Å². The van der Waals surface area contributed by atoms with E-state index < -0.39 is 0 Å². The summed E-state index contributed by atoms with van der Waals surface area (Å²) in [7, 11) is 2.16. The molecule has 16 heavy (non-hydrogen) atoms. The van der Waals surface area contributed by atoms with Gasteiger partial charge >= 0.3 is 0 Å². The Hall–Kier alpha value is -0.120. The maximum Gasteiger partial charge on any atom is 0.0613 e. The molecule has 98 valence electrons. The van der Waals surface area contributed by atoms with Crippen LogP contribution in [-0.2, 0) is 0 Å². The molecule has 0 saturated heterocycles. The van der Waals surface area contributed by atoms with Crippen molar-refractivity contribution < 1.29 is 5.11 Å². The van der Waals surface area contributed by atoms with Crippen LogP contribution in [0.1, 0.15) is 47.0 Å². The van der Waals surface area contributed by atoms with Crippen LogP contribution in [0.2, 0.25) is 0 Å². The molecule has 0 aliphatic heterocycles. The number of nitrogens with zero attached hydrogens (tertiary/aromatic N) is 1. The van der Waals surface area contributed by atoms with Crippen molar-refractivity contribution in [1.82, 2.24) is 10.2 Å². The Morgan fingerprint density at radius 2 is 1.94 bits per heavy atom. The maximum atomic E-state index is 9.51. The summed E-state index contributed by atoms with van der Waals surface area (Å²) >= 11 is 0. The molecule has 0 rings (SSSR count). The van der Waals surface area contributed by atoms with Gasteiger partial charge in [0, 0.05) is 11.6 Å². The smallest absolute Gasteiger partial charge is 0.0613 e. The first-order valence-electron chi connectivity index (χ1n) is 6.57. The highest BCUT2D eigenvalue weighted by Gasteiger charge is 2.25. The number of nitrogens with one attached hydrogen (secondary N) is 1. The molecule has 0 aromatic rings. The number of likely N-dealkylation sites (N-methyl/N-ethyl adjacent to an activating group) is 1. The second-order valence-electron chi connectivity index (χ2n) is 5.00. The maximum absolute atomic E-state index is 9.51. The number of rotatable bonds is 9. The second-order valence-corrected chi connectivity index (χ2v) is 5.00. The molecule has 0 aliphatic rings. The summed E-state index contributed by atoms with van der Waals surface area (Å²) < 4.78 is 0. The van der Waals surface area contributed by atoms with Crippen LogP contribution in [0.4, 0.5) is 0 Å². The van der Waals surface area contributed by atoms with E-state index >= 15 is 0 Å². The Balaban J connectivity index is 4.02. The highest BCUT2D eigenvalue weighted by atomic mass is 16.3. The molecule has 0 saturated carbocycles. The van der Waals surface area contributed by atoms with E-state index in [1.807, 2.05) is 0 Å². The van der Waals surface area contributed by atoms with Crippen LogP contribution in [0.5, 0.6) is 0 Å². The zero-order valence-corrected chi connectivity index (χ0v) is 11.7. The van der Waals surface area contributed by atoms with Gasteiger partial charge in [-0.25, -0.2) is 0 Å². The Morgan fingerprint density at radius 1 is 1.31 bits per heavy atom.